The maximum absolute atomic E-state index is 12.2. The zero-order chi connectivity index (χ0) is 12.7. The van der Waals surface area contributed by atoms with Crippen LogP contribution in [-0.2, 0) is 4.79 Å². The molecule has 1 aliphatic rings. The molecule has 1 rings (SSSR count). The van der Waals surface area contributed by atoms with Crippen LogP contribution in [0.1, 0.15) is 58.8 Å². The standard InChI is InChI=1S/C14H28N2O/c1-3-5-10-14(17)16(4-2)13-9-7-6-8-12(13)11-15/h12-13H,3-11,15H2,1-2H3. The van der Waals surface area contributed by atoms with Crippen molar-refractivity contribution in [3.05, 3.63) is 0 Å². The highest BCUT2D eigenvalue weighted by atomic mass is 16.2. The minimum Gasteiger partial charge on any atom is -0.340 e. The van der Waals surface area contributed by atoms with Crippen molar-refractivity contribution in [3.8, 4) is 0 Å². The van der Waals surface area contributed by atoms with E-state index in [1.54, 1.807) is 0 Å². The van der Waals surface area contributed by atoms with E-state index in [1.165, 1.54) is 19.3 Å². The average molecular weight is 240 g/mol. The lowest BCUT2D eigenvalue weighted by Gasteiger charge is -2.39. The van der Waals surface area contributed by atoms with Gasteiger partial charge in [-0.1, -0.05) is 26.2 Å². The van der Waals surface area contributed by atoms with Gasteiger partial charge >= 0.3 is 0 Å². The van der Waals surface area contributed by atoms with Crippen molar-refractivity contribution >= 4 is 5.91 Å². The van der Waals surface area contributed by atoms with Crippen molar-refractivity contribution in [1.29, 1.82) is 0 Å². The molecule has 2 unspecified atom stereocenters. The SMILES string of the molecule is CCCCC(=O)N(CC)C1CCCCC1CN. The largest absolute Gasteiger partial charge is 0.340 e. The van der Waals surface area contributed by atoms with Gasteiger partial charge in [0.1, 0.15) is 0 Å². The van der Waals surface area contributed by atoms with Gasteiger partial charge in [0, 0.05) is 19.0 Å². The van der Waals surface area contributed by atoms with Crippen LogP contribution >= 0.6 is 0 Å². The third-order valence-corrected chi connectivity index (χ3v) is 3.98. The Labute approximate surface area is 106 Å². The number of nitrogens with zero attached hydrogens (tertiary/aromatic N) is 1. The van der Waals surface area contributed by atoms with Gasteiger partial charge in [0.25, 0.3) is 0 Å². The fourth-order valence-electron chi connectivity index (χ4n) is 2.94. The summed E-state index contributed by atoms with van der Waals surface area (Å²) in [6, 6.07) is 0.406. The average Bonchev–Trinajstić information content (AvgIpc) is 2.37. The van der Waals surface area contributed by atoms with Gasteiger partial charge in [-0.15, -0.1) is 0 Å². The first kappa shape index (κ1) is 14.5. The lowest BCUT2D eigenvalue weighted by atomic mass is 9.83. The van der Waals surface area contributed by atoms with E-state index in [0.29, 0.717) is 24.3 Å². The third-order valence-electron chi connectivity index (χ3n) is 3.98. The predicted octanol–water partition coefficient (Wildman–Crippen LogP) is 2.54. The molecule has 0 bridgehead atoms. The molecule has 1 aliphatic carbocycles. The minimum absolute atomic E-state index is 0.333. The van der Waals surface area contributed by atoms with Crippen LogP contribution in [0.2, 0.25) is 0 Å². The van der Waals surface area contributed by atoms with E-state index in [0.717, 1.165) is 32.4 Å². The molecule has 1 amide bonds. The van der Waals surface area contributed by atoms with E-state index >= 15 is 0 Å². The topological polar surface area (TPSA) is 46.3 Å². The molecule has 1 fully saturated rings. The Hall–Kier alpha value is -0.570. The Kier molecular flexibility index (Phi) is 6.56. The second kappa shape index (κ2) is 7.70. The molecule has 1 saturated carbocycles. The van der Waals surface area contributed by atoms with Crippen molar-refractivity contribution in [1.82, 2.24) is 4.90 Å². The summed E-state index contributed by atoms with van der Waals surface area (Å²) in [7, 11) is 0. The molecule has 0 radical (unpaired) electrons. The fraction of sp³-hybridized carbons (Fsp3) is 0.929. The Morgan fingerprint density at radius 3 is 2.59 bits per heavy atom. The maximum atomic E-state index is 12.2. The molecule has 2 N–H and O–H groups in total. The van der Waals surface area contributed by atoms with E-state index in [-0.39, 0.29) is 0 Å². The van der Waals surface area contributed by atoms with Gasteiger partial charge in [-0.2, -0.15) is 0 Å². The van der Waals surface area contributed by atoms with Crippen molar-refractivity contribution in [2.45, 2.75) is 64.8 Å². The molecular formula is C14H28N2O. The number of carbonyl (C=O) groups is 1. The molecule has 3 heteroatoms. The summed E-state index contributed by atoms with van der Waals surface area (Å²) in [4.78, 5) is 14.3. The quantitative estimate of drug-likeness (QED) is 0.775. The number of hydrogen-bond acceptors (Lipinski definition) is 2. The van der Waals surface area contributed by atoms with Gasteiger partial charge in [0.2, 0.25) is 5.91 Å². The Balaban J connectivity index is 2.60. The minimum atomic E-state index is 0.333. The van der Waals surface area contributed by atoms with E-state index in [2.05, 4.69) is 18.7 Å². The number of carbonyl (C=O) groups excluding carboxylic acids is 1. The van der Waals surface area contributed by atoms with Gasteiger partial charge < -0.3 is 10.6 Å². The highest BCUT2D eigenvalue weighted by Gasteiger charge is 2.30. The van der Waals surface area contributed by atoms with Crippen LogP contribution in [0.25, 0.3) is 0 Å². The van der Waals surface area contributed by atoms with Gasteiger partial charge in [0.15, 0.2) is 0 Å². The molecule has 0 aromatic heterocycles. The van der Waals surface area contributed by atoms with Gasteiger partial charge in [-0.05, 0) is 38.6 Å². The second-order valence-corrected chi connectivity index (χ2v) is 5.13. The van der Waals surface area contributed by atoms with Crippen LogP contribution in [-0.4, -0.2) is 29.9 Å². The predicted molar refractivity (Wildman–Crippen MR) is 71.7 cm³/mol. The third kappa shape index (κ3) is 3.98. The maximum Gasteiger partial charge on any atom is 0.222 e. The van der Waals surface area contributed by atoms with Crippen molar-refractivity contribution in [3.63, 3.8) is 0 Å². The first-order valence-electron chi connectivity index (χ1n) is 7.24. The van der Waals surface area contributed by atoms with Crippen LogP contribution in [0, 0.1) is 5.92 Å². The molecule has 100 valence electrons. The molecule has 0 aromatic rings. The highest BCUT2D eigenvalue weighted by molar-refractivity contribution is 5.76. The number of unbranched alkanes of at least 4 members (excludes halogenated alkanes) is 1. The molecule has 2 atom stereocenters. The van der Waals surface area contributed by atoms with Crippen LogP contribution in [0.4, 0.5) is 0 Å². The summed E-state index contributed by atoms with van der Waals surface area (Å²) < 4.78 is 0. The zero-order valence-electron chi connectivity index (χ0n) is 11.5. The normalized spacial score (nSPS) is 24.6. The van der Waals surface area contributed by atoms with Crippen molar-refractivity contribution in [2.24, 2.45) is 11.7 Å². The zero-order valence-corrected chi connectivity index (χ0v) is 11.5. The van der Waals surface area contributed by atoms with E-state index in [9.17, 15) is 4.79 Å². The monoisotopic (exact) mass is 240 g/mol. The van der Waals surface area contributed by atoms with Crippen LogP contribution in [0.5, 0.6) is 0 Å². The fourth-order valence-corrected chi connectivity index (χ4v) is 2.94. The lowest BCUT2D eigenvalue weighted by Crippen LogP contribution is -2.47. The number of nitrogens with two attached hydrogens (primary N) is 1. The van der Waals surface area contributed by atoms with E-state index < -0.39 is 0 Å². The summed E-state index contributed by atoms with van der Waals surface area (Å²) in [5, 5.41) is 0. The Morgan fingerprint density at radius 1 is 1.29 bits per heavy atom. The first-order valence-corrected chi connectivity index (χ1v) is 7.24. The van der Waals surface area contributed by atoms with Crippen LogP contribution < -0.4 is 5.73 Å². The van der Waals surface area contributed by atoms with E-state index in [1.807, 2.05) is 0 Å². The number of amides is 1. The molecule has 3 nitrogen and oxygen atoms in total. The second-order valence-electron chi connectivity index (χ2n) is 5.13. The number of rotatable bonds is 6. The van der Waals surface area contributed by atoms with Gasteiger partial charge in [-0.25, -0.2) is 0 Å². The van der Waals surface area contributed by atoms with Crippen molar-refractivity contribution in [2.75, 3.05) is 13.1 Å². The van der Waals surface area contributed by atoms with Crippen molar-refractivity contribution < 1.29 is 4.79 Å². The molecule has 0 aliphatic heterocycles. The molecule has 17 heavy (non-hydrogen) atoms. The summed E-state index contributed by atoms with van der Waals surface area (Å²) >= 11 is 0. The molecule has 0 spiro atoms. The molecular weight excluding hydrogens is 212 g/mol. The molecule has 0 aromatic carbocycles. The molecule has 0 saturated heterocycles. The summed E-state index contributed by atoms with van der Waals surface area (Å²) in [6.07, 6.45) is 7.67. The van der Waals surface area contributed by atoms with Gasteiger partial charge in [-0.3, -0.25) is 4.79 Å². The smallest absolute Gasteiger partial charge is 0.222 e. The van der Waals surface area contributed by atoms with Crippen LogP contribution in [0.3, 0.4) is 0 Å². The first-order chi connectivity index (χ1) is 8.24. The van der Waals surface area contributed by atoms with E-state index in [4.69, 9.17) is 5.73 Å². The Bertz CT molecular complexity index is 230. The summed E-state index contributed by atoms with van der Waals surface area (Å²) in [5.74, 6) is 0.856. The Morgan fingerprint density at radius 2 is 2.00 bits per heavy atom. The summed E-state index contributed by atoms with van der Waals surface area (Å²) in [5.41, 5.74) is 5.85. The number of hydrogen-bond donors (Lipinski definition) is 1. The summed E-state index contributed by atoms with van der Waals surface area (Å²) in [6.45, 7) is 5.78. The molecule has 0 heterocycles. The highest BCUT2D eigenvalue weighted by Crippen LogP contribution is 2.28. The van der Waals surface area contributed by atoms with Gasteiger partial charge in [0.05, 0.1) is 0 Å². The lowest BCUT2D eigenvalue weighted by molar-refractivity contribution is -0.135. The van der Waals surface area contributed by atoms with Crippen LogP contribution in [0.15, 0.2) is 0 Å².